The number of nitro groups is 1. The number of aliphatic imine (C=N–C) groups is 2. The van der Waals surface area contributed by atoms with Crippen LogP contribution in [0.3, 0.4) is 0 Å². The fraction of sp³-hybridized carbons (Fsp3) is 0.267. The Morgan fingerprint density at radius 3 is 2.49 bits per heavy atom. The van der Waals surface area contributed by atoms with E-state index in [1.165, 1.54) is 17.8 Å². The number of amides is 2. The maximum Gasteiger partial charge on any atom is 0.270 e. The van der Waals surface area contributed by atoms with E-state index in [9.17, 15) is 19.7 Å². The molecule has 3 aliphatic heterocycles. The van der Waals surface area contributed by atoms with E-state index in [4.69, 9.17) is 4.99 Å². The van der Waals surface area contributed by atoms with Gasteiger partial charge < -0.3 is 9.80 Å². The molecule has 3 aliphatic rings. The summed E-state index contributed by atoms with van der Waals surface area (Å²) in [5.41, 5.74) is 3.44. The van der Waals surface area contributed by atoms with Gasteiger partial charge in [-0.2, -0.15) is 4.99 Å². The summed E-state index contributed by atoms with van der Waals surface area (Å²) in [6.07, 6.45) is 0.549. The van der Waals surface area contributed by atoms with E-state index < -0.39 is 11.0 Å². The lowest BCUT2D eigenvalue weighted by Gasteiger charge is -2.36. The highest BCUT2D eigenvalue weighted by Gasteiger charge is 2.42. The van der Waals surface area contributed by atoms with E-state index in [1.807, 2.05) is 58.3 Å². The number of hydrogen-bond donors (Lipinski definition) is 0. The fourth-order valence-electron chi connectivity index (χ4n) is 5.36. The quantitative estimate of drug-likeness (QED) is 0.302. The Labute approximate surface area is 241 Å². The second kappa shape index (κ2) is 11.5. The van der Waals surface area contributed by atoms with Gasteiger partial charge in [0.1, 0.15) is 11.9 Å². The zero-order chi connectivity index (χ0) is 28.3. The number of amidine groups is 2. The highest BCUT2D eigenvalue weighted by molar-refractivity contribution is 8.13. The minimum atomic E-state index is -0.635. The van der Waals surface area contributed by atoms with Crippen molar-refractivity contribution in [3.8, 4) is 0 Å². The molecule has 2 amide bonds. The number of nitro benzene ring substituents is 1. The van der Waals surface area contributed by atoms with Gasteiger partial charge in [-0.15, -0.1) is 0 Å². The first-order valence-electron chi connectivity index (χ1n) is 13.5. The molecule has 3 heterocycles. The minimum Gasteiger partial charge on any atom is -0.368 e. The molecule has 0 aromatic heterocycles. The SMILES string of the molecule is O=C1N=C2c3ccccc3N=C(SCc3cccc([N+](=O)[O-])c3)N2C1CCC(=O)N1CCN(c2ccccc2)CC1. The minimum absolute atomic E-state index is 0.0265. The van der Waals surface area contributed by atoms with Crippen molar-refractivity contribution in [3.05, 3.63) is 100 Å². The molecule has 0 aliphatic carbocycles. The Hall–Kier alpha value is -4.51. The average molecular weight is 569 g/mol. The molecule has 0 saturated carbocycles. The molecule has 208 valence electrons. The van der Waals surface area contributed by atoms with E-state index in [0.29, 0.717) is 42.0 Å². The molecule has 1 unspecified atom stereocenters. The second-order valence-corrected chi connectivity index (χ2v) is 11.0. The number of piperazine rings is 1. The van der Waals surface area contributed by atoms with Crippen molar-refractivity contribution < 1.29 is 14.5 Å². The van der Waals surface area contributed by atoms with Crippen LogP contribution in [0.5, 0.6) is 0 Å². The molecule has 3 aromatic rings. The average Bonchev–Trinajstić information content (AvgIpc) is 3.35. The van der Waals surface area contributed by atoms with Crippen LogP contribution < -0.4 is 4.90 Å². The Morgan fingerprint density at radius 2 is 1.71 bits per heavy atom. The first-order chi connectivity index (χ1) is 20.0. The first kappa shape index (κ1) is 26.7. The summed E-state index contributed by atoms with van der Waals surface area (Å²) in [6.45, 7) is 2.80. The van der Waals surface area contributed by atoms with Crippen LogP contribution in [-0.2, 0) is 15.3 Å². The van der Waals surface area contributed by atoms with Gasteiger partial charge in [-0.25, -0.2) is 4.99 Å². The largest absolute Gasteiger partial charge is 0.368 e. The highest BCUT2D eigenvalue weighted by atomic mass is 32.2. The Bertz CT molecular complexity index is 1550. The lowest BCUT2D eigenvalue weighted by molar-refractivity contribution is -0.384. The molecule has 10 nitrogen and oxygen atoms in total. The van der Waals surface area contributed by atoms with Crippen LogP contribution in [0.1, 0.15) is 24.0 Å². The number of benzene rings is 3. The molecule has 0 N–H and O–H groups in total. The number of thioether (sulfide) groups is 1. The summed E-state index contributed by atoms with van der Waals surface area (Å²) in [5.74, 6) is 0.704. The van der Waals surface area contributed by atoms with E-state index in [-0.39, 0.29) is 23.9 Å². The number of fused-ring (bicyclic) bond motifs is 3. The molecule has 0 radical (unpaired) electrons. The van der Waals surface area contributed by atoms with Crippen molar-refractivity contribution >= 4 is 51.6 Å². The summed E-state index contributed by atoms with van der Waals surface area (Å²) in [6, 6.07) is 23.6. The van der Waals surface area contributed by atoms with Crippen molar-refractivity contribution in [2.75, 3.05) is 31.1 Å². The number of carbonyl (C=O) groups excluding carboxylic acids is 2. The predicted molar refractivity (Wildman–Crippen MR) is 160 cm³/mol. The van der Waals surface area contributed by atoms with Crippen molar-refractivity contribution in [2.24, 2.45) is 9.98 Å². The molecule has 1 atom stereocenters. The fourth-order valence-corrected chi connectivity index (χ4v) is 6.35. The summed E-state index contributed by atoms with van der Waals surface area (Å²) in [5, 5.41) is 11.8. The highest BCUT2D eigenvalue weighted by Crippen LogP contribution is 2.36. The predicted octanol–water partition coefficient (Wildman–Crippen LogP) is 4.62. The second-order valence-electron chi connectivity index (χ2n) is 10.0. The van der Waals surface area contributed by atoms with Crippen LogP contribution in [0.2, 0.25) is 0 Å². The molecular weight excluding hydrogens is 540 g/mol. The Kier molecular flexibility index (Phi) is 7.51. The van der Waals surface area contributed by atoms with Gasteiger partial charge in [0.05, 0.1) is 10.6 Å². The topological polar surface area (TPSA) is 112 Å². The molecule has 11 heteroatoms. The molecule has 0 spiro atoms. The zero-order valence-electron chi connectivity index (χ0n) is 22.3. The van der Waals surface area contributed by atoms with Gasteiger partial charge in [-0.05, 0) is 36.2 Å². The van der Waals surface area contributed by atoms with Crippen LogP contribution >= 0.6 is 11.8 Å². The molecule has 1 fully saturated rings. The first-order valence-corrected chi connectivity index (χ1v) is 14.5. The maximum atomic E-state index is 13.2. The maximum absolute atomic E-state index is 13.2. The summed E-state index contributed by atoms with van der Waals surface area (Å²) in [4.78, 5) is 52.4. The molecule has 6 rings (SSSR count). The van der Waals surface area contributed by atoms with Crippen LogP contribution in [0.4, 0.5) is 17.1 Å². The molecule has 1 saturated heterocycles. The number of rotatable bonds is 7. The summed E-state index contributed by atoms with van der Waals surface area (Å²) in [7, 11) is 0. The number of non-ortho nitro benzene ring substituents is 1. The third-order valence-corrected chi connectivity index (χ3v) is 8.51. The molecule has 0 bridgehead atoms. The number of carbonyl (C=O) groups is 2. The molecular formula is C30H28N6O4S. The normalized spacial score (nSPS) is 18.0. The third kappa shape index (κ3) is 5.58. The lowest BCUT2D eigenvalue weighted by atomic mass is 10.1. The van der Waals surface area contributed by atoms with Gasteiger partial charge in [-0.3, -0.25) is 24.6 Å². The van der Waals surface area contributed by atoms with Crippen LogP contribution in [0.15, 0.2) is 88.8 Å². The third-order valence-electron chi connectivity index (χ3n) is 7.48. The van der Waals surface area contributed by atoms with Gasteiger partial charge in [0.15, 0.2) is 5.17 Å². The lowest BCUT2D eigenvalue weighted by Crippen LogP contribution is -2.49. The van der Waals surface area contributed by atoms with E-state index in [0.717, 1.165) is 29.9 Å². The monoisotopic (exact) mass is 568 g/mol. The number of nitrogens with zero attached hydrogens (tertiary/aromatic N) is 6. The van der Waals surface area contributed by atoms with Gasteiger partial charge in [0.25, 0.3) is 11.6 Å². The number of para-hydroxylation sites is 2. The number of hydrogen-bond acceptors (Lipinski definition) is 8. The zero-order valence-corrected chi connectivity index (χ0v) is 23.1. The van der Waals surface area contributed by atoms with Crippen molar-refractivity contribution in [3.63, 3.8) is 0 Å². The smallest absolute Gasteiger partial charge is 0.270 e. The van der Waals surface area contributed by atoms with Crippen LogP contribution in [-0.4, -0.2) is 69.8 Å². The summed E-state index contributed by atoms with van der Waals surface area (Å²) >= 11 is 1.40. The van der Waals surface area contributed by atoms with Crippen LogP contribution in [0.25, 0.3) is 0 Å². The van der Waals surface area contributed by atoms with Crippen molar-refractivity contribution in [2.45, 2.75) is 24.6 Å². The van der Waals surface area contributed by atoms with Crippen molar-refractivity contribution in [1.29, 1.82) is 0 Å². The molecule has 41 heavy (non-hydrogen) atoms. The van der Waals surface area contributed by atoms with Crippen molar-refractivity contribution in [1.82, 2.24) is 9.80 Å². The number of anilines is 1. The summed E-state index contributed by atoms with van der Waals surface area (Å²) < 4.78 is 0. The van der Waals surface area contributed by atoms with Gasteiger partial charge >= 0.3 is 0 Å². The standard InChI is InChI=1S/C30H28N6O4S/c37-27(34-17-15-33(16-18-34)22-8-2-1-3-9-22)14-13-26-29(38)32-28-24-11-4-5-12-25(24)31-30(35(26)28)41-20-21-7-6-10-23(19-21)36(39)40/h1-12,19,26H,13-18,20H2. The Morgan fingerprint density at radius 1 is 0.951 bits per heavy atom. The van der Waals surface area contributed by atoms with Gasteiger partial charge in [0.2, 0.25) is 5.91 Å². The van der Waals surface area contributed by atoms with Crippen LogP contribution in [0, 0.1) is 10.1 Å². The van der Waals surface area contributed by atoms with Gasteiger partial charge in [-0.1, -0.05) is 54.2 Å². The Balaban J connectivity index is 1.14. The van der Waals surface area contributed by atoms with E-state index in [1.54, 1.807) is 12.1 Å². The van der Waals surface area contributed by atoms with E-state index in [2.05, 4.69) is 22.0 Å². The molecule has 3 aromatic carbocycles. The van der Waals surface area contributed by atoms with E-state index >= 15 is 0 Å². The van der Waals surface area contributed by atoms with Gasteiger partial charge in [0, 0.05) is 61.7 Å².